The van der Waals surface area contributed by atoms with Crippen LogP contribution in [-0.2, 0) is 4.74 Å². The Balaban J connectivity index is 2.47. The standard InChI is InChI=1S/C8H15NO/c1-4-7-5-10-8(9-7)6(2)3/h6,8H,4-5H2,1-3H3. The third-order valence-corrected chi connectivity index (χ3v) is 1.71. The monoisotopic (exact) mass is 141 g/mol. The van der Waals surface area contributed by atoms with Crippen LogP contribution in [0.25, 0.3) is 0 Å². The predicted octanol–water partition coefficient (Wildman–Crippen LogP) is 1.85. The summed E-state index contributed by atoms with van der Waals surface area (Å²) in [7, 11) is 0. The third kappa shape index (κ3) is 1.57. The van der Waals surface area contributed by atoms with Gasteiger partial charge in [0, 0.05) is 5.71 Å². The van der Waals surface area contributed by atoms with Crippen LogP contribution in [0.2, 0.25) is 0 Å². The van der Waals surface area contributed by atoms with Crippen LogP contribution in [0.15, 0.2) is 4.99 Å². The molecule has 1 heterocycles. The van der Waals surface area contributed by atoms with E-state index in [0.717, 1.165) is 13.0 Å². The summed E-state index contributed by atoms with van der Waals surface area (Å²) >= 11 is 0. The molecule has 2 heteroatoms. The molecule has 0 amide bonds. The van der Waals surface area contributed by atoms with Gasteiger partial charge in [0.2, 0.25) is 0 Å². The van der Waals surface area contributed by atoms with Gasteiger partial charge in [-0.15, -0.1) is 0 Å². The average molecular weight is 141 g/mol. The fourth-order valence-corrected chi connectivity index (χ4v) is 0.971. The van der Waals surface area contributed by atoms with E-state index in [1.165, 1.54) is 5.71 Å². The largest absolute Gasteiger partial charge is 0.350 e. The summed E-state index contributed by atoms with van der Waals surface area (Å²) in [5.41, 5.74) is 1.21. The molecule has 1 unspecified atom stereocenters. The van der Waals surface area contributed by atoms with Crippen LogP contribution < -0.4 is 0 Å². The lowest BCUT2D eigenvalue weighted by Gasteiger charge is -2.09. The SMILES string of the molecule is CCC1=NC(C(C)C)OC1. The van der Waals surface area contributed by atoms with E-state index in [1.54, 1.807) is 0 Å². The second-order valence-corrected chi connectivity index (χ2v) is 2.99. The number of nitrogens with zero attached hydrogens (tertiary/aromatic N) is 1. The number of rotatable bonds is 2. The highest BCUT2D eigenvalue weighted by atomic mass is 16.5. The molecule has 1 rings (SSSR count). The van der Waals surface area contributed by atoms with E-state index in [0.29, 0.717) is 5.92 Å². The van der Waals surface area contributed by atoms with Gasteiger partial charge in [-0.25, -0.2) is 0 Å². The molecule has 10 heavy (non-hydrogen) atoms. The number of ether oxygens (including phenoxy) is 1. The molecule has 0 bridgehead atoms. The summed E-state index contributed by atoms with van der Waals surface area (Å²) in [6, 6.07) is 0. The topological polar surface area (TPSA) is 21.6 Å². The lowest BCUT2D eigenvalue weighted by Crippen LogP contribution is -2.11. The van der Waals surface area contributed by atoms with Gasteiger partial charge in [-0.3, -0.25) is 4.99 Å². The molecule has 0 fully saturated rings. The van der Waals surface area contributed by atoms with Gasteiger partial charge >= 0.3 is 0 Å². The van der Waals surface area contributed by atoms with Crippen LogP contribution in [0.1, 0.15) is 27.2 Å². The number of aliphatic imine (C=N–C) groups is 1. The van der Waals surface area contributed by atoms with Gasteiger partial charge in [0.1, 0.15) is 0 Å². The Kier molecular flexibility index (Phi) is 2.44. The van der Waals surface area contributed by atoms with Crippen LogP contribution in [0.3, 0.4) is 0 Å². The molecule has 0 N–H and O–H groups in total. The minimum absolute atomic E-state index is 0.134. The first-order valence-electron chi connectivity index (χ1n) is 3.91. The molecule has 0 radical (unpaired) electrons. The van der Waals surface area contributed by atoms with Crippen molar-refractivity contribution in [1.29, 1.82) is 0 Å². The lowest BCUT2D eigenvalue weighted by molar-refractivity contribution is 0.0728. The van der Waals surface area contributed by atoms with Crippen molar-refractivity contribution in [1.82, 2.24) is 0 Å². The van der Waals surface area contributed by atoms with Gasteiger partial charge in [0.15, 0.2) is 6.23 Å². The summed E-state index contributed by atoms with van der Waals surface area (Å²) in [6.45, 7) is 7.13. The molecule has 0 saturated heterocycles. The molecule has 1 aliphatic heterocycles. The van der Waals surface area contributed by atoms with Gasteiger partial charge in [0.05, 0.1) is 6.61 Å². The fraction of sp³-hybridized carbons (Fsp3) is 0.875. The van der Waals surface area contributed by atoms with Crippen molar-refractivity contribution in [2.24, 2.45) is 10.9 Å². The fourth-order valence-electron chi connectivity index (χ4n) is 0.971. The quantitative estimate of drug-likeness (QED) is 0.575. The van der Waals surface area contributed by atoms with Gasteiger partial charge < -0.3 is 4.74 Å². The van der Waals surface area contributed by atoms with Crippen molar-refractivity contribution in [3.05, 3.63) is 0 Å². The van der Waals surface area contributed by atoms with Crippen molar-refractivity contribution in [3.63, 3.8) is 0 Å². The van der Waals surface area contributed by atoms with E-state index in [2.05, 4.69) is 25.8 Å². The molecule has 0 aromatic heterocycles. The highest BCUT2D eigenvalue weighted by Crippen LogP contribution is 2.14. The van der Waals surface area contributed by atoms with Crippen molar-refractivity contribution in [3.8, 4) is 0 Å². The Labute approximate surface area is 62.3 Å². The molecule has 58 valence electrons. The summed E-state index contributed by atoms with van der Waals surface area (Å²) in [5, 5.41) is 0. The third-order valence-electron chi connectivity index (χ3n) is 1.71. The maximum Gasteiger partial charge on any atom is 0.151 e. The van der Waals surface area contributed by atoms with E-state index < -0.39 is 0 Å². The van der Waals surface area contributed by atoms with E-state index in [9.17, 15) is 0 Å². The Bertz CT molecular complexity index is 140. The normalized spacial score (nSPS) is 25.6. The summed E-state index contributed by atoms with van der Waals surface area (Å²) in [5.74, 6) is 0.518. The highest BCUT2D eigenvalue weighted by molar-refractivity contribution is 5.86. The Hall–Kier alpha value is -0.370. The Morgan fingerprint density at radius 3 is 2.70 bits per heavy atom. The zero-order valence-electron chi connectivity index (χ0n) is 6.92. The zero-order chi connectivity index (χ0) is 7.56. The first-order chi connectivity index (χ1) is 4.74. The molecule has 0 spiro atoms. The molecular weight excluding hydrogens is 126 g/mol. The average Bonchev–Trinajstić information content (AvgIpc) is 2.34. The van der Waals surface area contributed by atoms with Crippen molar-refractivity contribution in [2.75, 3.05) is 6.61 Å². The Morgan fingerprint density at radius 2 is 2.40 bits per heavy atom. The van der Waals surface area contributed by atoms with Crippen LogP contribution in [0, 0.1) is 5.92 Å². The molecule has 0 aromatic rings. The van der Waals surface area contributed by atoms with Gasteiger partial charge in [0.25, 0.3) is 0 Å². The molecular formula is C8H15NO. The summed E-state index contributed by atoms with van der Waals surface area (Å²) < 4.78 is 5.41. The van der Waals surface area contributed by atoms with Crippen molar-refractivity contribution < 1.29 is 4.74 Å². The minimum Gasteiger partial charge on any atom is -0.350 e. The molecule has 1 atom stereocenters. The summed E-state index contributed by atoms with van der Waals surface area (Å²) in [4.78, 5) is 4.40. The summed E-state index contributed by atoms with van der Waals surface area (Å²) in [6.07, 6.45) is 1.17. The van der Waals surface area contributed by atoms with E-state index in [1.807, 2.05) is 0 Å². The number of hydrogen-bond acceptors (Lipinski definition) is 2. The minimum atomic E-state index is 0.134. The highest BCUT2D eigenvalue weighted by Gasteiger charge is 2.18. The maximum atomic E-state index is 5.41. The van der Waals surface area contributed by atoms with E-state index in [-0.39, 0.29) is 6.23 Å². The van der Waals surface area contributed by atoms with Crippen molar-refractivity contribution in [2.45, 2.75) is 33.4 Å². The second-order valence-electron chi connectivity index (χ2n) is 2.99. The van der Waals surface area contributed by atoms with Gasteiger partial charge in [-0.05, 0) is 12.3 Å². The van der Waals surface area contributed by atoms with Crippen LogP contribution in [-0.4, -0.2) is 18.5 Å². The van der Waals surface area contributed by atoms with Gasteiger partial charge in [-0.2, -0.15) is 0 Å². The Morgan fingerprint density at radius 1 is 1.70 bits per heavy atom. The first-order valence-corrected chi connectivity index (χ1v) is 3.91. The molecule has 2 nitrogen and oxygen atoms in total. The number of hydrogen-bond donors (Lipinski definition) is 0. The predicted molar refractivity (Wildman–Crippen MR) is 42.3 cm³/mol. The lowest BCUT2D eigenvalue weighted by atomic mass is 10.2. The molecule has 0 aromatic carbocycles. The first kappa shape index (κ1) is 7.73. The molecule has 1 aliphatic rings. The smallest absolute Gasteiger partial charge is 0.151 e. The second kappa shape index (κ2) is 3.15. The zero-order valence-corrected chi connectivity index (χ0v) is 6.92. The van der Waals surface area contributed by atoms with Crippen LogP contribution in [0.4, 0.5) is 0 Å². The van der Waals surface area contributed by atoms with Crippen molar-refractivity contribution >= 4 is 5.71 Å². The molecule has 0 aliphatic carbocycles. The van der Waals surface area contributed by atoms with Gasteiger partial charge in [-0.1, -0.05) is 20.8 Å². The maximum absolute atomic E-state index is 5.41. The van der Waals surface area contributed by atoms with Crippen LogP contribution in [0.5, 0.6) is 0 Å². The van der Waals surface area contributed by atoms with Crippen LogP contribution >= 0.6 is 0 Å². The van der Waals surface area contributed by atoms with E-state index >= 15 is 0 Å². The molecule has 0 saturated carbocycles. The van der Waals surface area contributed by atoms with E-state index in [4.69, 9.17) is 4.74 Å².